The summed E-state index contributed by atoms with van der Waals surface area (Å²) in [6.45, 7) is 11.4. The number of carbonyl (C=O) groups excluding carboxylic acids is 7. The van der Waals surface area contributed by atoms with Gasteiger partial charge in [-0.1, -0.05) is 10.2 Å². The summed E-state index contributed by atoms with van der Waals surface area (Å²) in [6, 6.07) is -2.84. The lowest BCUT2D eigenvalue weighted by Crippen LogP contribution is -2.49. The van der Waals surface area contributed by atoms with Crippen molar-refractivity contribution in [1.29, 1.82) is 0 Å². The van der Waals surface area contributed by atoms with Gasteiger partial charge in [-0.2, -0.15) is 0 Å². The lowest BCUT2D eigenvalue weighted by molar-refractivity contribution is 0.0554. The largest absolute Gasteiger partial charge is 0.378 e. The second-order valence-corrected chi connectivity index (χ2v) is 11.8. The zero-order valence-corrected chi connectivity index (χ0v) is 30.6. The number of morpholine rings is 1. The van der Waals surface area contributed by atoms with Gasteiger partial charge in [-0.05, 0) is 46.1 Å². The number of imide groups is 1. The van der Waals surface area contributed by atoms with E-state index in [0.717, 1.165) is 82.9 Å². The Morgan fingerprint density at radius 1 is 0.604 bits per heavy atom. The first-order valence-electron chi connectivity index (χ1n) is 17.2. The summed E-state index contributed by atoms with van der Waals surface area (Å²) in [5.74, 6) is 0. The van der Waals surface area contributed by atoms with E-state index in [1.54, 1.807) is 26.5 Å². The Morgan fingerprint density at radius 2 is 1.00 bits per heavy atom. The van der Waals surface area contributed by atoms with E-state index in [-0.39, 0.29) is 24.1 Å². The molecule has 1 aromatic rings. The van der Waals surface area contributed by atoms with Crippen LogP contribution < -0.4 is 28.7 Å². The third-order valence-electron chi connectivity index (χ3n) is 7.98. The normalized spacial score (nSPS) is 18.0. The Labute approximate surface area is 308 Å². The highest BCUT2D eigenvalue weighted by atomic mass is 16.5. The number of likely N-dealkylation sites (N-methyl/N-ethyl adjacent to an activating group) is 1. The molecule has 6 heterocycles. The van der Waals surface area contributed by atoms with Crippen LogP contribution in [-0.4, -0.2) is 173 Å². The molecule has 1 aromatic heterocycles. The summed E-state index contributed by atoms with van der Waals surface area (Å²) in [5, 5.41) is 6.06. The van der Waals surface area contributed by atoms with Gasteiger partial charge in [-0.25, -0.2) is 43.4 Å². The van der Waals surface area contributed by atoms with Crippen molar-refractivity contribution in [2.45, 2.75) is 39.0 Å². The number of nitrogens with zero attached hydrogens (tertiary/aromatic N) is 10. The molecule has 5 aliphatic heterocycles. The van der Waals surface area contributed by atoms with Gasteiger partial charge in [0.25, 0.3) is 0 Å². The summed E-state index contributed by atoms with van der Waals surface area (Å²) in [7, 11) is 2.04. The van der Waals surface area contributed by atoms with E-state index in [2.05, 4.69) is 20.1 Å². The molecule has 0 spiro atoms. The van der Waals surface area contributed by atoms with Crippen molar-refractivity contribution in [1.82, 2.24) is 39.0 Å². The number of aromatic nitrogens is 2. The fourth-order valence-electron chi connectivity index (χ4n) is 4.80. The fraction of sp³-hybridized carbons (Fsp3) is 0.667. The van der Waals surface area contributed by atoms with E-state index >= 15 is 0 Å². The number of nitrogens with two attached hydrogens (primary N) is 5. The number of ether oxygens (including phenoxy) is 1. The van der Waals surface area contributed by atoms with Crippen molar-refractivity contribution in [2.24, 2.45) is 38.9 Å². The molecule has 0 unspecified atom stereocenters. The van der Waals surface area contributed by atoms with Crippen LogP contribution in [0.1, 0.15) is 39.0 Å². The molecule has 0 aromatic carbocycles. The topological polar surface area (TPSA) is 321 Å². The number of amides is 13. The lowest BCUT2D eigenvalue weighted by Gasteiger charge is -2.30. The number of likely N-dealkylation sites (tertiary alicyclic amines) is 2. The van der Waals surface area contributed by atoms with E-state index in [1.165, 1.54) is 29.7 Å². The molecule has 23 nitrogen and oxygen atoms in total. The smallest absolute Gasteiger partial charge is 0.370 e. The van der Waals surface area contributed by atoms with E-state index < -0.39 is 18.1 Å². The molecular weight excluding hydrogens is 698 g/mol. The molecular formula is C30H55N15O8. The number of azo groups is 1. The SMILES string of the molecule is CCN1C(=O)N=NC1=O.CN1CCN(C(N)=O)CC1.NC(=O)N1CCCC1.NC(=O)N1CCCCC1.NC(=O)N1CCOCC1.NC(=O)n1ccnc1. The van der Waals surface area contributed by atoms with Crippen LogP contribution in [0.15, 0.2) is 28.9 Å². The molecule has 13 amide bonds. The third-order valence-corrected chi connectivity index (χ3v) is 7.98. The van der Waals surface area contributed by atoms with Gasteiger partial charge in [-0.3, -0.25) is 4.57 Å². The molecule has 4 saturated heterocycles. The number of rotatable bonds is 1. The highest BCUT2D eigenvalue weighted by Crippen LogP contribution is 2.07. The molecule has 5 aliphatic rings. The fourth-order valence-corrected chi connectivity index (χ4v) is 4.80. The Morgan fingerprint density at radius 3 is 1.28 bits per heavy atom. The minimum absolute atomic E-state index is 0.269. The number of urea groups is 6. The van der Waals surface area contributed by atoms with Gasteiger partial charge in [0.15, 0.2) is 0 Å². The second-order valence-electron chi connectivity index (χ2n) is 11.8. The molecule has 0 radical (unpaired) electrons. The van der Waals surface area contributed by atoms with Gasteiger partial charge in [0.2, 0.25) is 0 Å². The van der Waals surface area contributed by atoms with Crippen molar-refractivity contribution in [3.05, 3.63) is 18.7 Å². The average molecular weight is 754 g/mol. The standard InChI is InChI=1S/C6H13N3O.C6H12N2O.C5H10N2O2.C5H10N2O.C4H5N3O2.C4H5N3O/c1-8-2-4-9(5-3-8)6(7)10;7-6(9)8-4-2-1-3-5-8;6-5(8)7-1-3-9-4-2-7;6-5(8)7-3-1-2-4-7;1-2-7-3(8)5-6-4(7)9;5-4(8)7-2-1-6-3-7/h2-5H2,1H3,(H2,7,10);1-5H2,(H2,7,9);1-4H2,(H2,6,8);1-4H2,(H2,6,8);2H2,1H3;1-3H,(H2,5,8). The third kappa shape index (κ3) is 19.0. The van der Waals surface area contributed by atoms with Gasteiger partial charge in [0.05, 0.1) is 13.2 Å². The molecule has 23 heteroatoms. The van der Waals surface area contributed by atoms with Crippen LogP contribution in [0, 0.1) is 0 Å². The minimum Gasteiger partial charge on any atom is -0.378 e. The van der Waals surface area contributed by atoms with Crippen LogP contribution >= 0.6 is 0 Å². The Hall–Kier alpha value is -5.58. The van der Waals surface area contributed by atoms with Crippen LogP contribution in [0.2, 0.25) is 0 Å². The molecule has 0 saturated carbocycles. The number of imidazole rings is 1. The van der Waals surface area contributed by atoms with E-state index in [4.69, 9.17) is 33.4 Å². The first-order valence-corrected chi connectivity index (χ1v) is 17.2. The zero-order chi connectivity index (χ0) is 39.8. The number of carbonyl (C=O) groups is 7. The van der Waals surface area contributed by atoms with Crippen molar-refractivity contribution in [3.8, 4) is 0 Å². The van der Waals surface area contributed by atoms with E-state index in [1.807, 2.05) is 7.05 Å². The van der Waals surface area contributed by atoms with Crippen molar-refractivity contribution < 1.29 is 38.3 Å². The van der Waals surface area contributed by atoms with Crippen LogP contribution in [0.4, 0.5) is 33.6 Å². The molecule has 0 bridgehead atoms. The van der Waals surface area contributed by atoms with Crippen molar-refractivity contribution in [3.63, 3.8) is 0 Å². The minimum atomic E-state index is -0.567. The first-order chi connectivity index (χ1) is 25.2. The average Bonchev–Trinajstić information content (AvgIpc) is 3.95. The maximum atomic E-state index is 10.6. The number of hydrogen-bond donors (Lipinski definition) is 5. The predicted molar refractivity (Wildman–Crippen MR) is 191 cm³/mol. The van der Waals surface area contributed by atoms with Gasteiger partial charge >= 0.3 is 42.2 Å². The summed E-state index contributed by atoms with van der Waals surface area (Å²) >= 11 is 0. The zero-order valence-electron chi connectivity index (χ0n) is 30.6. The van der Waals surface area contributed by atoms with Gasteiger partial charge in [0.1, 0.15) is 6.33 Å². The maximum Gasteiger partial charge on any atom is 0.370 e. The highest BCUT2D eigenvalue weighted by Gasteiger charge is 2.24. The predicted octanol–water partition coefficient (Wildman–Crippen LogP) is 0.246. The summed E-state index contributed by atoms with van der Waals surface area (Å²) < 4.78 is 6.19. The van der Waals surface area contributed by atoms with Crippen LogP contribution in [-0.2, 0) is 4.74 Å². The summed E-state index contributed by atoms with van der Waals surface area (Å²) in [5.41, 5.74) is 25.0. The Bertz CT molecular complexity index is 1270. The van der Waals surface area contributed by atoms with Gasteiger partial charge in [-0.15, -0.1) is 0 Å². The summed E-state index contributed by atoms with van der Waals surface area (Å²) in [6.07, 6.45) is 10.0. The van der Waals surface area contributed by atoms with Crippen LogP contribution in [0.25, 0.3) is 0 Å². The van der Waals surface area contributed by atoms with E-state index in [0.29, 0.717) is 32.8 Å². The molecule has 298 valence electrons. The van der Waals surface area contributed by atoms with Gasteiger partial charge in [0, 0.05) is 84.4 Å². The first kappa shape index (κ1) is 45.4. The molecule has 6 rings (SSSR count). The molecule has 0 aliphatic carbocycles. The van der Waals surface area contributed by atoms with Gasteiger partial charge < -0.3 is 57.9 Å². The number of hydrogen-bond acceptors (Lipinski definition) is 10. The molecule has 10 N–H and O–H groups in total. The summed E-state index contributed by atoms with van der Waals surface area (Å²) in [4.78, 5) is 86.4. The lowest BCUT2D eigenvalue weighted by atomic mass is 10.1. The second kappa shape index (κ2) is 25.4. The molecule has 0 atom stereocenters. The number of piperazine rings is 1. The Balaban J connectivity index is 0.000000318. The maximum absolute atomic E-state index is 10.6. The van der Waals surface area contributed by atoms with Crippen LogP contribution in [0.5, 0.6) is 0 Å². The molecule has 53 heavy (non-hydrogen) atoms. The van der Waals surface area contributed by atoms with Crippen molar-refractivity contribution >= 4 is 42.2 Å². The monoisotopic (exact) mass is 753 g/mol. The Kier molecular flexibility index (Phi) is 21.8. The van der Waals surface area contributed by atoms with Crippen LogP contribution in [0.3, 0.4) is 0 Å². The number of piperidine rings is 1. The van der Waals surface area contributed by atoms with E-state index in [9.17, 15) is 33.6 Å². The number of primary amides is 5. The quantitative estimate of drug-likeness (QED) is 0.260. The highest BCUT2D eigenvalue weighted by molar-refractivity contribution is 5.98. The van der Waals surface area contributed by atoms with Crippen molar-refractivity contribution in [2.75, 3.05) is 92.3 Å². The molecule has 4 fully saturated rings.